The summed E-state index contributed by atoms with van der Waals surface area (Å²) in [6.07, 6.45) is 2.76. The van der Waals surface area contributed by atoms with Gasteiger partial charge in [-0.3, -0.25) is 9.69 Å². The van der Waals surface area contributed by atoms with Crippen LogP contribution in [-0.4, -0.2) is 28.6 Å². The second-order valence-electron chi connectivity index (χ2n) is 7.26. The summed E-state index contributed by atoms with van der Waals surface area (Å²) in [6, 6.07) is 14.6. The molecule has 132 valence electrons. The number of nitrogens with zero attached hydrogens (tertiary/aromatic N) is 1. The number of carboxylic acid groups (broad SMARTS) is 1. The van der Waals surface area contributed by atoms with Gasteiger partial charge in [-0.05, 0) is 56.8 Å². The number of likely N-dealkylation sites (tertiary alicyclic amines) is 1. The summed E-state index contributed by atoms with van der Waals surface area (Å²) in [5, 5.41) is 9.77. The SMILES string of the molecule is Cc1ccc(C(c2ccc(C)cc2C)N2CCCCC2C(=O)O)cc1. The second kappa shape index (κ2) is 7.40. The summed E-state index contributed by atoms with van der Waals surface area (Å²) in [4.78, 5) is 14.1. The summed E-state index contributed by atoms with van der Waals surface area (Å²) in [6.45, 7) is 7.13. The molecular formula is C22H27NO2. The lowest BCUT2D eigenvalue weighted by Gasteiger charge is -2.40. The number of carbonyl (C=O) groups is 1. The molecule has 3 nitrogen and oxygen atoms in total. The first-order valence-electron chi connectivity index (χ1n) is 9.09. The fourth-order valence-electron chi connectivity index (χ4n) is 3.96. The lowest BCUT2D eigenvalue weighted by Crippen LogP contribution is -2.47. The van der Waals surface area contributed by atoms with E-state index in [-0.39, 0.29) is 6.04 Å². The normalized spacial score (nSPS) is 19.6. The topological polar surface area (TPSA) is 40.5 Å². The molecule has 2 unspecified atom stereocenters. The average Bonchev–Trinajstić information content (AvgIpc) is 2.59. The second-order valence-corrected chi connectivity index (χ2v) is 7.26. The Morgan fingerprint density at radius 1 is 1.04 bits per heavy atom. The molecule has 0 spiro atoms. The minimum atomic E-state index is -0.707. The quantitative estimate of drug-likeness (QED) is 0.883. The number of aryl methyl sites for hydroxylation is 3. The van der Waals surface area contributed by atoms with E-state index in [1.54, 1.807) is 0 Å². The van der Waals surface area contributed by atoms with Crippen molar-refractivity contribution in [3.63, 3.8) is 0 Å². The van der Waals surface area contributed by atoms with Crippen molar-refractivity contribution in [1.29, 1.82) is 0 Å². The Bertz CT molecular complexity index is 751. The maximum absolute atomic E-state index is 11.9. The highest BCUT2D eigenvalue weighted by Crippen LogP contribution is 2.36. The molecule has 1 saturated heterocycles. The molecule has 0 amide bonds. The molecule has 1 aliphatic heterocycles. The van der Waals surface area contributed by atoms with Gasteiger partial charge in [0.2, 0.25) is 0 Å². The molecule has 0 radical (unpaired) electrons. The molecule has 3 rings (SSSR count). The molecule has 0 aliphatic carbocycles. The zero-order chi connectivity index (χ0) is 18.0. The van der Waals surface area contributed by atoms with Crippen molar-refractivity contribution in [2.45, 2.75) is 52.1 Å². The van der Waals surface area contributed by atoms with E-state index in [0.29, 0.717) is 0 Å². The Morgan fingerprint density at radius 3 is 2.36 bits per heavy atom. The molecule has 0 bridgehead atoms. The van der Waals surface area contributed by atoms with Crippen LogP contribution in [-0.2, 0) is 4.79 Å². The Morgan fingerprint density at radius 2 is 1.72 bits per heavy atom. The number of hydrogen-bond acceptors (Lipinski definition) is 2. The third kappa shape index (κ3) is 3.77. The molecular weight excluding hydrogens is 310 g/mol. The van der Waals surface area contributed by atoms with Gasteiger partial charge in [0.15, 0.2) is 0 Å². The van der Waals surface area contributed by atoms with Crippen LogP contribution in [0.2, 0.25) is 0 Å². The van der Waals surface area contributed by atoms with E-state index in [1.807, 2.05) is 0 Å². The molecule has 25 heavy (non-hydrogen) atoms. The zero-order valence-corrected chi connectivity index (χ0v) is 15.3. The zero-order valence-electron chi connectivity index (χ0n) is 15.3. The molecule has 1 heterocycles. The molecule has 0 saturated carbocycles. The van der Waals surface area contributed by atoms with Crippen molar-refractivity contribution in [2.24, 2.45) is 0 Å². The lowest BCUT2D eigenvalue weighted by atomic mass is 9.89. The monoisotopic (exact) mass is 337 g/mol. The van der Waals surface area contributed by atoms with Gasteiger partial charge in [-0.25, -0.2) is 0 Å². The summed E-state index contributed by atoms with van der Waals surface area (Å²) >= 11 is 0. The average molecular weight is 337 g/mol. The van der Waals surface area contributed by atoms with Crippen LogP contribution in [0.15, 0.2) is 42.5 Å². The van der Waals surface area contributed by atoms with Gasteiger partial charge in [-0.1, -0.05) is 60.0 Å². The Kier molecular flexibility index (Phi) is 5.24. The summed E-state index contributed by atoms with van der Waals surface area (Å²) < 4.78 is 0. The van der Waals surface area contributed by atoms with E-state index < -0.39 is 12.0 Å². The van der Waals surface area contributed by atoms with Crippen molar-refractivity contribution < 1.29 is 9.90 Å². The number of aliphatic carboxylic acids is 1. The summed E-state index contributed by atoms with van der Waals surface area (Å²) in [7, 11) is 0. The first-order chi connectivity index (χ1) is 12.0. The van der Waals surface area contributed by atoms with E-state index in [9.17, 15) is 9.90 Å². The molecule has 0 aromatic heterocycles. The Hall–Kier alpha value is -2.13. The molecule has 2 aromatic carbocycles. The highest BCUT2D eigenvalue weighted by Gasteiger charge is 2.35. The predicted octanol–water partition coefficient (Wildman–Crippen LogP) is 4.64. The van der Waals surface area contributed by atoms with E-state index in [2.05, 4.69) is 68.1 Å². The van der Waals surface area contributed by atoms with Gasteiger partial charge < -0.3 is 5.11 Å². The van der Waals surface area contributed by atoms with Crippen LogP contribution in [0.4, 0.5) is 0 Å². The van der Waals surface area contributed by atoms with Gasteiger partial charge in [0, 0.05) is 0 Å². The van der Waals surface area contributed by atoms with Crippen LogP contribution in [0, 0.1) is 20.8 Å². The molecule has 2 atom stereocenters. The fourth-order valence-corrected chi connectivity index (χ4v) is 3.96. The summed E-state index contributed by atoms with van der Waals surface area (Å²) in [5.74, 6) is -0.707. The first kappa shape index (κ1) is 17.7. The van der Waals surface area contributed by atoms with Gasteiger partial charge >= 0.3 is 5.97 Å². The third-order valence-electron chi connectivity index (χ3n) is 5.27. The lowest BCUT2D eigenvalue weighted by molar-refractivity contribution is -0.145. The van der Waals surface area contributed by atoms with E-state index in [1.165, 1.54) is 27.8 Å². The smallest absolute Gasteiger partial charge is 0.320 e. The summed E-state index contributed by atoms with van der Waals surface area (Å²) in [5.41, 5.74) is 6.06. The third-order valence-corrected chi connectivity index (χ3v) is 5.27. The van der Waals surface area contributed by atoms with Crippen LogP contribution in [0.3, 0.4) is 0 Å². The molecule has 1 fully saturated rings. The molecule has 2 aromatic rings. The van der Waals surface area contributed by atoms with E-state index in [0.717, 1.165) is 25.8 Å². The predicted molar refractivity (Wildman–Crippen MR) is 101 cm³/mol. The highest BCUT2D eigenvalue weighted by molar-refractivity contribution is 5.73. The van der Waals surface area contributed by atoms with Crippen molar-refractivity contribution in [3.8, 4) is 0 Å². The van der Waals surface area contributed by atoms with Crippen molar-refractivity contribution in [3.05, 3.63) is 70.3 Å². The van der Waals surface area contributed by atoms with Crippen LogP contribution in [0.25, 0.3) is 0 Å². The molecule has 1 N–H and O–H groups in total. The van der Waals surface area contributed by atoms with Gasteiger partial charge in [0.05, 0.1) is 6.04 Å². The van der Waals surface area contributed by atoms with E-state index in [4.69, 9.17) is 0 Å². The van der Waals surface area contributed by atoms with Crippen molar-refractivity contribution in [2.75, 3.05) is 6.54 Å². The van der Waals surface area contributed by atoms with Crippen LogP contribution in [0.1, 0.15) is 53.1 Å². The van der Waals surface area contributed by atoms with Crippen LogP contribution in [0.5, 0.6) is 0 Å². The van der Waals surface area contributed by atoms with Crippen molar-refractivity contribution in [1.82, 2.24) is 4.90 Å². The van der Waals surface area contributed by atoms with E-state index >= 15 is 0 Å². The molecule has 1 aliphatic rings. The number of benzene rings is 2. The first-order valence-corrected chi connectivity index (χ1v) is 9.09. The van der Waals surface area contributed by atoms with Gasteiger partial charge in [-0.2, -0.15) is 0 Å². The standard InChI is InChI=1S/C22H27NO2/c1-15-7-10-18(11-8-15)21(19-12-9-16(2)14-17(19)3)23-13-5-4-6-20(23)22(24)25/h7-12,14,20-21H,4-6,13H2,1-3H3,(H,24,25). The van der Waals surface area contributed by atoms with Gasteiger partial charge in [0.25, 0.3) is 0 Å². The van der Waals surface area contributed by atoms with Crippen LogP contribution < -0.4 is 0 Å². The Labute approximate surface area is 150 Å². The van der Waals surface area contributed by atoms with Gasteiger partial charge in [0.1, 0.15) is 6.04 Å². The number of carboxylic acids is 1. The number of hydrogen-bond donors (Lipinski definition) is 1. The van der Waals surface area contributed by atoms with Gasteiger partial charge in [-0.15, -0.1) is 0 Å². The van der Waals surface area contributed by atoms with Crippen molar-refractivity contribution >= 4 is 5.97 Å². The fraction of sp³-hybridized carbons (Fsp3) is 0.409. The number of rotatable bonds is 4. The number of piperidine rings is 1. The van der Waals surface area contributed by atoms with Crippen LogP contribution >= 0.6 is 0 Å². The maximum Gasteiger partial charge on any atom is 0.320 e. The highest BCUT2D eigenvalue weighted by atomic mass is 16.4. The minimum absolute atomic E-state index is 0.0115. The Balaban J connectivity index is 2.10. The largest absolute Gasteiger partial charge is 0.480 e. The minimum Gasteiger partial charge on any atom is -0.480 e. The maximum atomic E-state index is 11.9. The molecule has 3 heteroatoms.